The molecule has 0 bridgehead atoms. The van der Waals surface area contributed by atoms with Gasteiger partial charge < -0.3 is 4.74 Å². The monoisotopic (exact) mass is 327 g/mol. The Balaban J connectivity index is 2.30. The fraction of sp³-hybridized carbons (Fsp3) is 0.250. The van der Waals surface area contributed by atoms with Gasteiger partial charge in [-0.25, -0.2) is 27.9 Å². The fourth-order valence-electron chi connectivity index (χ4n) is 1.62. The maximum absolute atomic E-state index is 12.2. The Morgan fingerprint density at radius 2 is 1.86 bits per heavy atom. The van der Waals surface area contributed by atoms with Crippen molar-refractivity contribution in [2.75, 3.05) is 11.8 Å². The van der Waals surface area contributed by atoms with Crippen molar-refractivity contribution in [3.63, 3.8) is 0 Å². The zero-order valence-corrected chi connectivity index (χ0v) is 13.2. The number of anilines is 1. The van der Waals surface area contributed by atoms with Gasteiger partial charge >= 0.3 is 5.97 Å². The van der Waals surface area contributed by atoms with Crippen molar-refractivity contribution >= 4 is 33.3 Å². The summed E-state index contributed by atoms with van der Waals surface area (Å²) >= 11 is 0.991. The highest BCUT2D eigenvalue weighted by molar-refractivity contribution is 7.92. The summed E-state index contributed by atoms with van der Waals surface area (Å²) in [6, 6.07) is 2.99. The highest BCUT2D eigenvalue weighted by Gasteiger charge is 2.20. The summed E-state index contributed by atoms with van der Waals surface area (Å²) in [5.41, 5.74) is 1.31. The third-order valence-electron chi connectivity index (χ3n) is 2.48. The van der Waals surface area contributed by atoms with E-state index in [4.69, 9.17) is 0 Å². The zero-order valence-electron chi connectivity index (χ0n) is 11.6. The van der Waals surface area contributed by atoms with E-state index < -0.39 is 16.0 Å². The van der Waals surface area contributed by atoms with Gasteiger partial charge in [-0.2, -0.15) is 0 Å². The normalized spacial score (nSPS) is 11.2. The average molecular weight is 327 g/mol. The van der Waals surface area contributed by atoms with Crippen molar-refractivity contribution in [3.8, 4) is 0 Å². The molecule has 21 heavy (non-hydrogen) atoms. The number of sulfonamides is 1. The van der Waals surface area contributed by atoms with Crippen molar-refractivity contribution < 1.29 is 17.9 Å². The molecule has 2 heterocycles. The van der Waals surface area contributed by atoms with Crippen LogP contribution in [0.4, 0.5) is 5.95 Å². The molecule has 9 heteroatoms. The molecule has 1 N–H and O–H groups in total. The van der Waals surface area contributed by atoms with Gasteiger partial charge in [0.15, 0.2) is 0 Å². The molecule has 2 rings (SSSR count). The second-order valence-electron chi connectivity index (χ2n) is 4.22. The molecule has 0 amide bonds. The van der Waals surface area contributed by atoms with Crippen LogP contribution >= 0.6 is 11.3 Å². The first-order valence-corrected chi connectivity index (χ1v) is 8.20. The first kappa shape index (κ1) is 15.4. The minimum atomic E-state index is -3.84. The molecule has 0 radical (unpaired) electrons. The van der Waals surface area contributed by atoms with E-state index in [1.165, 1.54) is 18.6 Å². The molecule has 0 aliphatic rings. The van der Waals surface area contributed by atoms with E-state index in [2.05, 4.69) is 19.4 Å². The number of thiophene rings is 1. The molecule has 2 aromatic heterocycles. The standard InChI is InChI=1S/C12H13N3O4S2/c1-7-4-8(2)14-12(13-7)15-21(17,18)9-5-10(20-6-9)11(16)19-3/h4-6H,1-3H3,(H,13,14,15). The Labute approximate surface area is 126 Å². The van der Waals surface area contributed by atoms with Gasteiger partial charge in [0.05, 0.1) is 12.0 Å². The van der Waals surface area contributed by atoms with E-state index >= 15 is 0 Å². The molecule has 2 aromatic rings. The van der Waals surface area contributed by atoms with Gasteiger partial charge in [-0.15, -0.1) is 11.3 Å². The Morgan fingerprint density at radius 3 is 2.43 bits per heavy atom. The SMILES string of the molecule is COC(=O)c1cc(S(=O)(=O)Nc2nc(C)cc(C)n2)cs1. The zero-order chi connectivity index (χ0) is 15.6. The van der Waals surface area contributed by atoms with Crippen molar-refractivity contribution in [2.24, 2.45) is 0 Å². The molecule has 0 fully saturated rings. The minimum absolute atomic E-state index is 0.00156. The van der Waals surface area contributed by atoms with Gasteiger partial charge in [0.2, 0.25) is 5.95 Å². The smallest absolute Gasteiger partial charge is 0.348 e. The van der Waals surface area contributed by atoms with Gasteiger partial charge in [-0.3, -0.25) is 0 Å². The van der Waals surface area contributed by atoms with Crippen LogP contribution in [0.2, 0.25) is 0 Å². The van der Waals surface area contributed by atoms with Gasteiger partial charge in [0.1, 0.15) is 4.88 Å². The van der Waals surface area contributed by atoms with Crippen LogP contribution in [0.15, 0.2) is 22.4 Å². The number of rotatable bonds is 4. The summed E-state index contributed by atoms with van der Waals surface area (Å²) in [6.45, 7) is 3.48. The summed E-state index contributed by atoms with van der Waals surface area (Å²) in [5.74, 6) is -0.581. The largest absolute Gasteiger partial charge is 0.465 e. The first-order chi connectivity index (χ1) is 9.81. The van der Waals surface area contributed by atoms with Crippen molar-refractivity contribution in [1.29, 1.82) is 0 Å². The van der Waals surface area contributed by atoms with Crippen molar-refractivity contribution in [2.45, 2.75) is 18.7 Å². The molecular formula is C12H13N3O4S2. The van der Waals surface area contributed by atoms with Crippen LogP contribution in [0.5, 0.6) is 0 Å². The van der Waals surface area contributed by atoms with Crippen molar-refractivity contribution in [3.05, 3.63) is 33.8 Å². The highest BCUT2D eigenvalue weighted by atomic mass is 32.2. The minimum Gasteiger partial charge on any atom is -0.465 e. The number of carbonyl (C=O) groups is 1. The molecule has 7 nitrogen and oxygen atoms in total. The third kappa shape index (κ3) is 3.56. The summed E-state index contributed by atoms with van der Waals surface area (Å²) in [4.78, 5) is 19.6. The molecule has 0 spiro atoms. The molecular weight excluding hydrogens is 314 g/mol. The lowest BCUT2D eigenvalue weighted by atomic mass is 10.4. The quantitative estimate of drug-likeness (QED) is 0.859. The number of methoxy groups -OCH3 is 1. The van der Waals surface area contributed by atoms with E-state index in [0.29, 0.717) is 11.4 Å². The fourth-order valence-corrected chi connectivity index (χ4v) is 3.75. The average Bonchev–Trinajstić information content (AvgIpc) is 2.86. The van der Waals surface area contributed by atoms with Gasteiger partial charge in [0.25, 0.3) is 10.0 Å². The van der Waals surface area contributed by atoms with Gasteiger partial charge in [0, 0.05) is 16.8 Å². The molecule has 112 valence electrons. The number of ether oxygens (including phenoxy) is 1. The Bertz CT molecular complexity index is 763. The third-order valence-corrected chi connectivity index (χ3v) is 4.85. The number of carbonyl (C=O) groups excluding carboxylic acids is 1. The number of nitrogens with zero attached hydrogens (tertiary/aromatic N) is 2. The first-order valence-electron chi connectivity index (χ1n) is 5.84. The van der Waals surface area contributed by atoms with Crippen LogP contribution < -0.4 is 4.72 Å². The second kappa shape index (κ2) is 5.78. The number of esters is 1. The molecule has 0 aliphatic carbocycles. The lowest BCUT2D eigenvalue weighted by Gasteiger charge is -2.06. The lowest BCUT2D eigenvalue weighted by molar-refractivity contribution is 0.0606. The summed E-state index contributed by atoms with van der Waals surface area (Å²) in [7, 11) is -2.61. The van der Waals surface area contributed by atoms with Crippen LogP contribution in [0, 0.1) is 13.8 Å². The maximum atomic E-state index is 12.2. The Kier molecular flexibility index (Phi) is 4.24. The van der Waals surface area contributed by atoms with Crippen LogP contribution in [-0.4, -0.2) is 31.5 Å². The van der Waals surface area contributed by atoms with E-state index in [1.54, 1.807) is 19.9 Å². The molecule has 0 atom stereocenters. The molecule has 0 aromatic carbocycles. The topological polar surface area (TPSA) is 98.2 Å². The van der Waals surface area contributed by atoms with Gasteiger partial charge in [-0.05, 0) is 26.0 Å². The van der Waals surface area contributed by atoms with E-state index in [0.717, 1.165) is 11.3 Å². The Morgan fingerprint density at radius 1 is 1.24 bits per heavy atom. The molecule has 0 aliphatic heterocycles. The van der Waals surface area contributed by atoms with Crippen LogP contribution in [0.3, 0.4) is 0 Å². The summed E-state index contributed by atoms with van der Waals surface area (Å²) in [6.07, 6.45) is 0. The predicted molar refractivity (Wildman–Crippen MR) is 78.0 cm³/mol. The van der Waals surface area contributed by atoms with E-state index in [-0.39, 0.29) is 15.7 Å². The molecule has 0 unspecified atom stereocenters. The predicted octanol–water partition coefficient (Wildman–Crippen LogP) is 1.74. The van der Waals surface area contributed by atoms with Crippen LogP contribution in [0.25, 0.3) is 0 Å². The van der Waals surface area contributed by atoms with E-state index in [9.17, 15) is 13.2 Å². The maximum Gasteiger partial charge on any atom is 0.348 e. The van der Waals surface area contributed by atoms with E-state index in [1.807, 2.05) is 0 Å². The van der Waals surface area contributed by atoms with Crippen LogP contribution in [-0.2, 0) is 14.8 Å². The summed E-state index contributed by atoms with van der Waals surface area (Å²) in [5, 5.41) is 1.36. The number of aromatic nitrogens is 2. The van der Waals surface area contributed by atoms with Crippen LogP contribution in [0.1, 0.15) is 21.1 Å². The molecule has 0 saturated carbocycles. The number of nitrogens with one attached hydrogen (secondary N) is 1. The number of aryl methyl sites for hydroxylation is 2. The lowest BCUT2D eigenvalue weighted by Crippen LogP contribution is -2.15. The van der Waals surface area contributed by atoms with Crippen molar-refractivity contribution in [1.82, 2.24) is 9.97 Å². The Hall–Kier alpha value is -2.00. The van der Waals surface area contributed by atoms with Gasteiger partial charge in [-0.1, -0.05) is 0 Å². The second-order valence-corrected chi connectivity index (χ2v) is 6.81. The number of hydrogen-bond acceptors (Lipinski definition) is 7. The number of hydrogen-bond donors (Lipinski definition) is 1. The molecule has 0 saturated heterocycles. The highest BCUT2D eigenvalue weighted by Crippen LogP contribution is 2.21. The summed E-state index contributed by atoms with van der Waals surface area (Å²) < 4.78 is 31.3.